The lowest BCUT2D eigenvalue weighted by Crippen LogP contribution is -2.43. The Balaban J connectivity index is 1.84. The van der Waals surface area contributed by atoms with Crippen LogP contribution in [0.4, 0.5) is 0 Å². The predicted octanol–water partition coefficient (Wildman–Crippen LogP) is 2.30. The van der Waals surface area contributed by atoms with Crippen LogP contribution in [0.5, 0.6) is 0 Å². The van der Waals surface area contributed by atoms with Crippen LogP contribution in [-0.2, 0) is 7.05 Å². The van der Waals surface area contributed by atoms with Crippen molar-refractivity contribution in [3.8, 4) is 0 Å². The summed E-state index contributed by atoms with van der Waals surface area (Å²) in [6.07, 6.45) is 2.85. The summed E-state index contributed by atoms with van der Waals surface area (Å²) in [6.45, 7) is 5.88. The molecule has 6 nitrogen and oxygen atoms in total. The van der Waals surface area contributed by atoms with Gasteiger partial charge in [0.05, 0.1) is 5.39 Å². The van der Waals surface area contributed by atoms with Gasteiger partial charge in [-0.05, 0) is 36.5 Å². The first-order valence-electron chi connectivity index (χ1n) is 8.72. The van der Waals surface area contributed by atoms with Crippen molar-refractivity contribution in [1.82, 2.24) is 18.9 Å². The van der Waals surface area contributed by atoms with Gasteiger partial charge in [0.2, 0.25) is 0 Å². The Labute approximate surface area is 145 Å². The van der Waals surface area contributed by atoms with E-state index in [-0.39, 0.29) is 11.5 Å². The van der Waals surface area contributed by atoms with Crippen molar-refractivity contribution in [1.29, 1.82) is 0 Å². The molecule has 0 N–H and O–H groups in total. The molecule has 0 radical (unpaired) electrons. The van der Waals surface area contributed by atoms with Gasteiger partial charge in [0.1, 0.15) is 17.0 Å². The third kappa shape index (κ3) is 2.52. The van der Waals surface area contributed by atoms with Crippen LogP contribution < -0.4 is 5.56 Å². The lowest BCUT2D eigenvalue weighted by molar-refractivity contribution is 0.0614. The average Bonchev–Trinajstić information content (AvgIpc) is 2.91. The second-order valence-electron chi connectivity index (χ2n) is 7.33. The molecule has 3 aromatic rings. The van der Waals surface area contributed by atoms with Crippen LogP contribution >= 0.6 is 0 Å². The summed E-state index contributed by atoms with van der Waals surface area (Å²) in [7, 11) is 1.80. The summed E-state index contributed by atoms with van der Waals surface area (Å²) in [5.41, 5.74) is 1.52. The second kappa shape index (κ2) is 5.72. The topological polar surface area (TPSA) is 59.6 Å². The maximum Gasteiger partial charge on any atom is 0.270 e. The van der Waals surface area contributed by atoms with E-state index in [1.165, 1.54) is 4.40 Å². The monoisotopic (exact) mass is 338 g/mol. The third-order valence-corrected chi connectivity index (χ3v) is 5.08. The van der Waals surface area contributed by atoms with Crippen LogP contribution in [0.15, 0.2) is 35.3 Å². The lowest BCUT2D eigenvalue weighted by atomic mass is 9.92. The van der Waals surface area contributed by atoms with Crippen LogP contribution in [0.3, 0.4) is 0 Å². The van der Waals surface area contributed by atoms with Crippen molar-refractivity contribution in [3.05, 3.63) is 46.5 Å². The number of hydrogen-bond donors (Lipinski definition) is 0. The van der Waals surface area contributed by atoms with Gasteiger partial charge >= 0.3 is 0 Å². The molecule has 3 aromatic heterocycles. The third-order valence-electron chi connectivity index (χ3n) is 5.08. The van der Waals surface area contributed by atoms with E-state index in [2.05, 4.69) is 18.8 Å². The van der Waals surface area contributed by atoms with Gasteiger partial charge in [-0.25, -0.2) is 4.98 Å². The molecule has 2 unspecified atom stereocenters. The van der Waals surface area contributed by atoms with Gasteiger partial charge in [-0.3, -0.25) is 14.0 Å². The molecule has 130 valence electrons. The van der Waals surface area contributed by atoms with Crippen molar-refractivity contribution in [2.45, 2.75) is 20.3 Å². The molecule has 1 aliphatic heterocycles. The minimum absolute atomic E-state index is 0.0210. The molecule has 6 heteroatoms. The number of fused-ring (bicyclic) bond motifs is 2. The highest BCUT2D eigenvalue weighted by Crippen LogP contribution is 2.24. The Kier molecular flexibility index (Phi) is 3.63. The van der Waals surface area contributed by atoms with E-state index >= 15 is 0 Å². The van der Waals surface area contributed by atoms with Gasteiger partial charge in [0, 0.05) is 26.3 Å². The van der Waals surface area contributed by atoms with Crippen LogP contribution in [-0.4, -0.2) is 37.8 Å². The fourth-order valence-electron chi connectivity index (χ4n) is 4.02. The second-order valence-corrected chi connectivity index (χ2v) is 7.33. The lowest BCUT2D eigenvalue weighted by Gasteiger charge is -2.35. The minimum atomic E-state index is -0.143. The Morgan fingerprint density at radius 2 is 1.92 bits per heavy atom. The van der Waals surface area contributed by atoms with Crippen LogP contribution in [0.1, 0.15) is 30.8 Å². The number of carbonyl (C=O) groups is 1. The van der Waals surface area contributed by atoms with Crippen LogP contribution in [0.25, 0.3) is 16.7 Å². The molecule has 0 spiro atoms. The molecule has 4 heterocycles. The molecule has 1 aliphatic rings. The molecule has 25 heavy (non-hydrogen) atoms. The van der Waals surface area contributed by atoms with E-state index in [0.29, 0.717) is 34.2 Å². The standard InChI is InChI=1S/C19H22N4O2/c1-12-8-13(2)11-22(10-12)19(25)15-9-14-17(21(15)3)20-16-6-4-5-7-23(16)18(14)24/h4-7,9,12-13H,8,10-11H2,1-3H3. The van der Waals surface area contributed by atoms with E-state index in [9.17, 15) is 9.59 Å². The highest BCUT2D eigenvalue weighted by Gasteiger charge is 2.28. The number of nitrogens with zero attached hydrogens (tertiary/aromatic N) is 4. The molecular formula is C19H22N4O2. The van der Waals surface area contributed by atoms with E-state index < -0.39 is 0 Å². The fourth-order valence-corrected chi connectivity index (χ4v) is 4.02. The number of amides is 1. The summed E-state index contributed by atoms with van der Waals surface area (Å²) >= 11 is 0. The SMILES string of the molecule is CC1CC(C)CN(C(=O)c2cc3c(=O)n4ccccc4nc3n2C)C1. The normalized spacial score (nSPS) is 21.2. The molecule has 1 amide bonds. The van der Waals surface area contributed by atoms with Crippen molar-refractivity contribution >= 4 is 22.6 Å². The molecule has 1 fully saturated rings. The summed E-state index contributed by atoms with van der Waals surface area (Å²) in [5, 5.41) is 0.479. The molecule has 4 rings (SSSR count). The largest absolute Gasteiger partial charge is 0.337 e. The zero-order valence-corrected chi connectivity index (χ0v) is 14.8. The fraction of sp³-hybridized carbons (Fsp3) is 0.421. The van der Waals surface area contributed by atoms with Gasteiger partial charge in [0.25, 0.3) is 11.5 Å². The zero-order valence-electron chi connectivity index (χ0n) is 14.8. The van der Waals surface area contributed by atoms with Crippen molar-refractivity contribution in [2.24, 2.45) is 18.9 Å². The van der Waals surface area contributed by atoms with Crippen LogP contribution in [0.2, 0.25) is 0 Å². The number of likely N-dealkylation sites (tertiary alicyclic amines) is 1. The van der Waals surface area contributed by atoms with E-state index in [0.717, 1.165) is 19.5 Å². The highest BCUT2D eigenvalue weighted by molar-refractivity contribution is 5.98. The summed E-state index contributed by atoms with van der Waals surface area (Å²) in [5.74, 6) is 0.967. The van der Waals surface area contributed by atoms with E-state index in [4.69, 9.17) is 0 Å². The van der Waals surface area contributed by atoms with Crippen molar-refractivity contribution < 1.29 is 4.79 Å². The summed E-state index contributed by atoms with van der Waals surface area (Å²) < 4.78 is 3.26. The number of rotatable bonds is 1. The average molecular weight is 338 g/mol. The Hall–Kier alpha value is -2.63. The van der Waals surface area contributed by atoms with Gasteiger partial charge in [0.15, 0.2) is 0 Å². The number of aromatic nitrogens is 3. The smallest absolute Gasteiger partial charge is 0.270 e. The Morgan fingerprint density at radius 1 is 1.20 bits per heavy atom. The molecule has 2 atom stereocenters. The predicted molar refractivity (Wildman–Crippen MR) is 96.8 cm³/mol. The molecule has 0 aliphatic carbocycles. The molecule has 0 saturated carbocycles. The minimum Gasteiger partial charge on any atom is -0.337 e. The molecular weight excluding hydrogens is 316 g/mol. The number of carbonyl (C=O) groups excluding carboxylic acids is 1. The Morgan fingerprint density at radius 3 is 2.64 bits per heavy atom. The first-order chi connectivity index (χ1) is 12.0. The molecule has 0 bridgehead atoms. The number of piperidine rings is 1. The number of aryl methyl sites for hydroxylation is 1. The molecule has 1 saturated heterocycles. The maximum absolute atomic E-state index is 13.1. The number of hydrogen-bond acceptors (Lipinski definition) is 3. The molecule has 0 aromatic carbocycles. The van der Waals surface area contributed by atoms with E-state index in [1.54, 1.807) is 36.0 Å². The maximum atomic E-state index is 13.1. The van der Waals surface area contributed by atoms with Crippen molar-refractivity contribution in [2.75, 3.05) is 13.1 Å². The van der Waals surface area contributed by atoms with Gasteiger partial charge in [-0.1, -0.05) is 19.9 Å². The highest BCUT2D eigenvalue weighted by atomic mass is 16.2. The quantitative estimate of drug-likeness (QED) is 0.684. The number of pyridine rings is 1. The van der Waals surface area contributed by atoms with E-state index in [1.807, 2.05) is 11.0 Å². The van der Waals surface area contributed by atoms with Crippen molar-refractivity contribution in [3.63, 3.8) is 0 Å². The van der Waals surface area contributed by atoms with Gasteiger partial charge in [-0.15, -0.1) is 0 Å². The first-order valence-corrected chi connectivity index (χ1v) is 8.72. The first kappa shape index (κ1) is 15.9. The summed E-state index contributed by atoms with van der Waals surface area (Å²) in [4.78, 5) is 32.3. The Bertz CT molecular complexity index is 1020. The van der Waals surface area contributed by atoms with Gasteiger partial charge in [-0.2, -0.15) is 0 Å². The van der Waals surface area contributed by atoms with Gasteiger partial charge < -0.3 is 9.47 Å². The summed E-state index contributed by atoms with van der Waals surface area (Å²) in [6, 6.07) is 7.13. The van der Waals surface area contributed by atoms with Crippen LogP contribution in [0, 0.1) is 11.8 Å². The zero-order chi connectivity index (χ0) is 17.7.